The predicted molar refractivity (Wildman–Crippen MR) is 103 cm³/mol. The molecule has 26 heavy (non-hydrogen) atoms. The van der Waals surface area contributed by atoms with Gasteiger partial charge in [0, 0.05) is 16.2 Å². The molecule has 2 N–H and O–H groups in total. The Balaban J connectivity index is 2.00. The smallest absolute Gasteiger partial charge is 0.279 e. The number of aromatic hydroxyl groups is 1. The van der Waals surface area contributed by atoms with Gasteiger partial charge in [0.15, 0.2) is 11.4 Å². The molecule has 0 aliphatic carbocycles. The number of carbonyl (C=O) groups excluding carboxylic acids is 1. The predicted octanol–water partition coefficient (Wildman–Crippen LogP) is 3.57. The first-order valence-electron chi connectivity index (χ1n) is 7.83. The number of halogens is 1. The summed E-state index contributed by atoms with van der Waals surface area (Å²) in [6.07, 6.45) is 0. The van der Waals surface area contributed by atoms with Crippen LogP contribution in [0.15, 0.2) is 57.8 Å². The van der Waals surface area contributed by atoms with Crippen molar-refractivity contribution in [2.75, 3.05) is 5.32 Å². The van der Waals surface area contributed by atoms with Crippen LogP contribution >= 0.6 is 15.9 Å². The van der Waals surface area contributed by atoms with E-state index in [1.807, 2.05) is 32.0 Å². The molecule has 0 bridgehead atoms. The lowest BCUT2D eigenvalue weighted by molar-refractivity contribution is 0.101. The number of aromatic nitrogens is 2. The van der Waals surface area contributed by atoms with Gasteiger partial charge in [-0.1, -0.05) is 28.1 Å². The molecule has 0 fully saturated rings. The maximum Gasteiger partial charge on any atom is 0.279 e. The van der Waals surface area contributed by atoms with E-state index in [-0.39, 0.29) is 5.69 Å². The van der Waals surface area contributed by atoms with E-state index in [1.54, 1.807) is 24.3 Å². The Morgan fingerprint density at radius 2 is 1.81 bits per heavy atom. The summed E-state index contributed by atoms with van der Waals surface area (Å²) in [5.41, 5.74) is 2.21. The van der Waals surface area contributed by atoms with Gasteiger partial charge in [0.05, 0.1) is 5.69 Å². The molecule has 0 spiro atoms. The van der Waals surface area contributed by atoms with Crippen molar-refractivity contribution in [3.05, 3.63) is 80.2 Å². The van der Waals surface area contributed by atoms with Gasteiger partial charge in [-0.05, 0) is 55.3 Å². The molecule has 0 aliphatic rings. The molecular weight excluding hydrogens is 398 g/mol. The average Bonchev–Trinajstić information content (AvgIpc) is 2.59. The molecule has 0 saturated heterocycles. The van der Waals surface area contributed by atoms with Crippen LogP contribution < -0.4 is 10.9 Å². The highest BCUT2D eigenvalue weighted by Gasteiger charge is 2.17. The number of amides is 1. The van der Waals surface area contributed by atoms with Crippen molar-refractivity contribution in [1.82, 2.24) is 9.78 Å². The van der Waals surface area contributed by atoms with Crippen molar-refractivity contribution in [3.63, 3.8) is 0 Å². The summed E-state index contributed by atoms with van der Waals surface area (Å²) >= 11 is 3.32. The topological polar surface area (TPSA) is 84.2 Å². The minimum absolute atomic E-state index is 0.228. The Morgan fingerprint density at radius 3 is 2.50 bits per heavy atom. The van der Waals surface area contributed by atoms with Crippen LogP contribution in [0.3, 0.4) is 0 Å². The van der Waals surface area contributed by atoms with Gasteiger partial charge in [0.25, 0.3) is 11.5 Å². The lowest BCUT2D eigenvalue weighted by atomic mass is 10.1. The van der Waals surface area contributed by atoms with E-state index >= 15 is 0 Å². The largest absolute Gasteiger partial charge is 0.505 e. The highest BCUT2D eigenvalue weighted by atomic mass is 79.9. The van der Waals surface area contributed by atoms with Gasteiger partial charge >= 0.3 is 0 Å². The lowest BCUT2D eigenvalue weighted by Crippen LogP contribution is -2.25. The first-order chi connectivity index (χ1) is 12.3. The fourth-order valence-corrected chi connectivity index (χ4v) is 2.69. The first-order valence-corrected chi connectivity index (χ1v) is 8.62. The molecule has 3 rings (SSSR count). The number of rotatable bonds is 3. The van der Waals surface area contributed by atoms with E-state index in [0.29, 0.717) is 11.4 Å². The molecular formula is C19H16BrN3O3. The van der Waals surface area contributed by atoms with Crippen molar-refractivity contribution in [2.45, 2.75) is 13.8 Å². The average molecular weight is 414 g/mol. The summed E-state index contributed by atoms with van der Waals surface area (Å²) in [5, 5.41) is 16.8. The number of benzene rings is 2. The van der Waals surface area contributed by atoms with E-state index in [1.165, 1.54) is 0 Å². The van der Waals surface area contributed by atoms with Gasteiger partial charge in [-0.25, -0.2) is 0 Å². The summed E-state index contributed by atoms with van der Waals surface area (Å²) in [6, 6.07) is 13.5. The van der Waals surface area contributed by atoms with Crippen LogP contribution in [-0.2, 0) is 0 Å². The number of aryl methyl sites for hydroxylation is 2. The summed E-state index contributed by atoms with van der Waals surface area (Å²) in [5.74, 6) is -1.06. The molecule has 1 heterocycles. The minimum atomic E-state index is -0.595. The standard InChI is InChI=1S/C19H16BrN3O3/c1-11-3-4-12(2)15(9-11)21-19(26)18-16(24)10-17(25)23(22-18)14-7-5-13(20)6-8-14/h3-10,24H,1-2H3,(H,21,26). The quantitative estimate of drug-likeness (QED) is 0.687. The van der Waals surface area contributed by atoms with Crippen molar-refractivity contribution < 1.29 is 9.90 Å². The first kappa shape index (κ1) is 17.9. The van der Waals surface area contributed by atoms with Gasteiger partial charge in [-0.2, -0.15) is 9.78 Å². The van der Waals surface area contributed by atoms with Crippen molar-refractivity contribution in [1.29, 1.82) is 0 Å². The van der Waals surface area contributed by atoms with Crippen molar-refractivity contribution >= 4 is 27.5 Å². The zero-order valence-corrected chi connectivity index (χ0v) is 15.7. The van der Waals surface area contributed by atoms with Gasteiger partial charge < -0.3 is 10.4 Å². The molecule has 0 saturated carbocycles. The molecule has 0 unspecified atom stereocenters. The molecule has 3 aromatic rings. The van der Waals surface area contributed by atoms with Crippen LogP contribution in [-0.4, -0.2) is 20.8 Å². The van der Waals surface area contributed by atoms with Crippen LogP contribution in [0.1, 0.15) is 21.6 Å². The van der Waals surface area contributed by atoms with Crippen LogP contribution in [0.4, 0.5) is 5.69 Å². The van der Waals surface area contributed by atoms with Crippen LogP contribution in [0.2, 0.25) is 0 Å². The lowest BCUT2D eigenvalue weighted by Gasteiger charge is -2.11. The van der Waals surface area contributed by atoms with Crippen molar-refractivity contribution in [2.24, 2.45) is 0 Å². The Morgan fingerprint density at radius 1 is 1.12 bits per heavy atom. The van der Waals surface area contributed by atoms with Crippen LogP contribution in [0.25, 0.3) is 5.69 Å². The van der Waals surface area contributed by atoms with E-state index in [9.17, 15) is 14.7 Å². The number of nitrogens with one attached hydrogen (secondary N) is 1. The summed E-state index contributed by atoms with van der Waals surface area (Å²) in [7, 11) is 0. The number of nitrogens with zero attached hydrogens (tertiary/aromatic N) is 2. The molecule has 1 amide bonds. The normalized spacial score (nSPS) is 10.6. The fraction of sp³-hybridized carbons (Fsp3) is 0.105. The molecule has 0 aliphatic heterocycles. The molecule has 132 valence electrons. The second-order valence-corrected chi connectivity index (χ2v) is 6.79. The Bertz CT molecular complexity index is 1040. The van der Waals surface area contributed by atoms with Crippen molar-refractivity contribution in [3.8, 4) is 11.4 Å². The Hall–Kier alpha value is -2.93. The Labute approximate surface area is 158 Å². The fourth-order valence-electron chi connectivity index (χ4n) is 2.43. The van der Waals surface area contributed by atoms with E-state index in [0.717, 1.165) is 26.3 Å². The molecule has 6 nitrogen and oxygen atoms in total. The summed E-state index contributed by atoms with van der Waals surface area (Å²) < 4.78 is 1.92. The van der Waals surface area contributed by atoms with E-state index in [4.69, 9.17) is 0 Å². The monoisotopic (exact) mass is 413 g/mol. The Kier molecular flexibility index (Phi) is 4.90. The van der Waals surface area contributed by atoms with E-state index < -0.39 is 17.2 Å². The zero-order valence-electron chi connectivity index (χ0n) is 14.2. The van der Waals surface area contributed by atoms with Crippen LogP contribution in [0.5, 0.6) is 5.75 Å². The molecule has 7 heteroatoms. The molecule has 0 radical (unpaired) electrons. The number of carbonyl (C=O) groups is 1. The third-order valence-electron chi connectivity index (χ3n) is 3.84. The third kappa shape index (κ3) is 3.67. The third-order valence-corrected chi connectivity index (χ3v) is 4.37. The number of anilines is 1. The highest BCUT2D eigenvalue weighted by molar-refractivity contribution is 9.10. The van der Waals surface area contributed by atoms with Gasteiger partial charge in [-0.15, -0.1) is 0 Å². The molecule has 2 aromatic carbocycles. The van der Waals surface area contributed by atoms with Gasteiger partial charge in [-0.3, -0.25) is 9.59 Å². The van der Waals surface area contributed by atoms with Gasteiger partial charge in [0.1, 0.15) is 0 Å². The summed E-state index contributed by atoms with van der Waals surface area (Å²) in [6.45, 7) is 3.78. The highest BCUT2D eigenvalue weighted by Crippen LogP contribution is 2.20. The maximum atomic E-state index is 12.6. The molecule has 0 atom stereocenters. The minimum Gasteiger partial charge on any atom is -0.505 e. The van der Waals surface area contributed by atoms with E-state index in [2.05, 4.69) is 26.3 Å². The van der Waals surface area contributed by atoms with Gasteiger partial charge in [0.2, 0.25) is 0 Å². The maximum absolute atomic E-state index is 12.6. The number of hydrogen-bond donors (Lipinski definition) is 2. The summed E-state index contributed by atoms with van der Waals surface area (Å²) in [4.78, 5) is 24.7. The SMILES string of the molecule is Cc1ccc(C)c(NC(=O)c2nn(-c3ccc(Br)cc3)c(=O)cc2O)c1. The molecule has 1 aromatic heterocycles. The second-order valence-electron chi connectivity index (χ2n) is 5.88. The number of hydrogen-bond acceptors (Lipinski definition) is 4. The second kappa shape index (κ2) is 7.13. The zero-order chi connectivity index (χ0) is 18.8. The van der Waals surface area contributed by atoms with Crippen LogP contribution in [0, 0.1) is 13.8 Å².